The summed E-state index contributed by atoms with van der Waals surface area (Å²) >= 11 is 1.78. The second kappa shape index (κ2) is 9.02. The Hall–Kier alpha value is -2.78. The molecule has 0 radical (unpaired) electrons. The fourth-order valence-electron chi connectivity index (χ4n) is 5.04. The molecular formula is C27H26N2O4S2. The van der Waals surface area contributed by atoms with E-state index in [4.69, 9.17) is 4.74 Å². The van der Waals surface area contributed by atoms with Crippen LogP contribution in [0.1, 0.15) is 27.5 Å². The Bertz CT molecular complexity index is 1490. The van der Waals surface area contributed by atoms with Gasteiger partial charge in [-0.15, -0.1) is 11.8 Å². The van der Waals surface area contributed by atoms with Crippen molar-refractivity contribution in [3.05, 3.63) is 89.1 Å². The number of H-pyrrole nitrogens is 1. The second-order valence-corrected chi connectivity index (χ2v) is 12.0. The van der Waals surface area contributed by atoms with Gasteiger partial charge in [0.05, 0.1) is 13.2 Å². The summed E-state index contributed by atoms with van der Waals surface area (Å²) in [6, 6.07) is 19.4. The number of benzene rings is 3. The monoisotopic (exact) mass is 506 g/mol. The first-order valence-electron chi connectivity index (χ1n) is 11.7. The Morgan fingerprint density at radius 3 is 2.80 bits per heavy atom. The Morgan fingerprint density at radius 2 is 1.94 bits per heavy atom. The van der Waals surface area contributed by atoms with E-state index in [1.807, 2.05) is 42.6 Å². The van der Waals surface area contributed by atoms with E-state index in [0.717, 1.165) is 34.0 Å². The third-order valence-electron chi connectivity index (χ3n) is 6.76. The van der Waals surface area contributed by atoms with Crippen LogP contribution < -0.4 is 9.46 Å². The van der Waals surface area contributed by atoms with Gasteiger partial charge in [0, 0.05) is 39.7 Å². The van der Waals surface area contributed by atoms with Gasteiger partial charge in [-0.25, -0.2) is 13.1 Å². The quantitative estimate of drug-likeness (QED) is 0.346. The van der Waals surface area contributed by atoms with Gasteiger partial charge in [0.1, 0.15) is 10.6 Å². The molecular weight excluding hydrogens is 480 g/mol. The number of thioether (sulfide) groups is 1. The van der Waals surface area contributed by atoms with Gasteiger partial charge in [-0.2, -0.15) is 0 Å². The molecule has 180 valence electrons. The summed E-state index contributed by atoms with van der Waals surface area (Å²) in [7, 11) is -3.93. The van der Waals surface area contributed by atoms with E-state index in [9.17, 15) is 13.5 Å². The normalized spacial score (nSPS) is 17.8. The lowest BCUT2D eigenvalue weighted by Crippen LogP contribution is -2.39. The number of aromatic amines is 1. The number of hydrogen-bond acceptors (Lipinski definition) is 5. The number of aliphatic hydroxyl groups is 1. The lowest BCUT2D eigenvalue weighted by Gasteiger charge is -2.19. The van der Waals surface area contributed by atoms with Gasteiger partial charge in [-0.3, -0.25) is 0 Å². The number of hydrogen-bond donors (Lipinski definition) is 3. The minimum absolute atomic E-state index is 0.159. The number of ether oxygens (including phenoxy) is 1. The Kier molecular flexibility index (Phi) is 5.84. The Balaban J connectivity index is 1.30. The molecule has 0 bridgehead atoms. The molecule has 6 rings (SSSR count). The minimum Gasteiger partial charge on any atom is -0.492 e. The van der Waals surface area contributed by atoms with Gasteiger partial charge < -0.3 is 14.8 Å². The van der Waals surface area contributed by atoms with E-state index in [1.54, 1.807) is 17.8 Å². The van der Waals surface area contributed by atoms with Crippen molar-refractivity contribution in [3.63, 3.8) is 0 Å². The van der Waals surface area contributed by atoms with Crippen molar-refractivity contribution >= 4 is 32.7 Å². The molecule has 6 nitrogen and oxygen atoms in total. The zero-order valence-electron chi connectivity index (χ0n) is 19.0. The molecule has 35 heavy (non-hydrogen) atoms. The van der Waals surface area contributed by atoms with Crippen LogP contribution in [-0.4, -0.2) is 37.8 Å². The first-order chi connectivity index (χ1) is 17.0. The predicted octanol–water partition coefficient (Wildman–Crippen LogP) is 4.37. The van der Waals surface area contributed by atoms with Gasteiger partial charge in [-0.1, -0.05) is 42.5 Å². The van der Waals surface area contributed by atoms with Crippen LogP contribution in [0.3, 0.4) is 0 Å². The third-order valence-corrected chi connectivity index (χ3v) is 9.67. The highest BCUT2D eigenvalue weighted by atomic mass is 32.2. The summed E-state index contributed by atoms with van der Waals surface area (Å²) in [5.41, 5.74) is 5.15. The molecule has 2 aliphatic heterocycles. The average molecular weight is 507 g/mol. The van der Waals surface area contributed by atoms with E-state index in [-0.39, 0.29) is 16.8 Å². The minimum atomic E-state index is -3.93. The molecule has 2 aliphatic rings. The molecule has 8 heteroatoms. The first kappa shape index (κ1) is 22.7. The largest absolute Gasteiger partial charge is 0.492 e. The van der Waals surface area contributed by atoms with Crippen LogP contribution in [0.25, 0.3) is 10.9 Å². The number of aliphatic hydroxyl groups excluding tert-OH is 1. The van der Waals surface area contributed by atoms with Crippen LogP contribution in [0.4, 0.5) is 0 Å². The Labute approximate surface area is 208 Å². The summed E-state index contributed by atoms with van der Waals surface area (Å²) < 4.78 is 35.8. The molecule has 0 amide bonds. The van der Waals surface area contributed by atoms with Crippen LogP contribution in [0.15, 0.2) is 76.7 Å². The van der Waals surface area contributed by atoms with Crippen molar-refractivity contribution in [1.29, 1.82) is 0 Å². The summed E-state index contributed by atoms with van der Waals surface area (Å²) in [4.78, 5) is 4.62. The van der Waals surface area contributed by atoms with E-state index in [0.29, 0.717) is 25.2 Å². The average Bonchev–Trinajstić information content (AvgIpc) is 3.60. The molecule has 3 heterocycles. The highest BCUT2D eigenvalue weighted by molar-refractivity contribution is 7.99. The topological polar surface area (TPSA) is 91.4 Å². The van der Waals surface area contributed by atoms with Gasteiger partial charge >= 0.3 is 0 Å². The number of sulfonamides is 1. The molecule has 3 aromatic carbocycles. The van der Waals surface area contributed by atoms with Crippen LogP contribution in [0, 0.1) is 0 Å². The number of nitrogens with one attached hydrogen (secondary N) is 2. The van der Waals surface area contributed by atoms with Crippen molar-refractivity contribution in [2.45, 2.75) is 40.3 Å². The van der Waals surface area contributed by atoms with Gasteiger partial charge in [0.15, 0.2) is 0 Å². The smallest absolute Gasteiger partial charge is 0.244 e. The van der Waals surface area contributed by atoms with E-state index >= 15 is 0 Å². The van der Waals surface area contributed by atoms with Crippen molar-refractivity contribution in [3.8, 4) is 5.75 Å². The molecule has 0 saturated carbocycles. The van der Waals surface area contributed by atoms with Crippen molar-refractivity contribution in [1.82, 2.24) is 9.71 Å². The fourth-order valence-corrected chi connectivity index (χ4v) is 7.79. The van der Waals surface area contributed by atoms with Gasteiger partial charge in [0.25, 0.3) is 0 Å². The van der Waals surface area contributed by atoms with Crippen LogP contribution in [0.5, 0.6) is 5.75 Å². The van der Waals surface area contributed by atoms with Crippen LogP contribution in [0.2, 0.25) is 0 Å². The molecule has 0 saturated heterocycles. The van der Waals surface area contributed by atoms with Crippen LogP contribution in [-0.2, 0) is 29.3 Å². The lowest BCUT2D eigenvalue weighted by atomic mass is 10.0. The fraction of sp³-hybridized carbons (Fsp3) is 0.259. The molecule has 1 aromatic heterocycles. The van der Waals surface area contributed by atoms with Gasteiger partial charge in [0.2, 0.25) is 10.0 Å². The summed E-state index contributed by atoms with van der Waals surface area (Å²) in [5, 5.41) is 11.2. The highest BCUT2D eigenvalue weighted by Gasteiger charge is 2.32. The molecule has 2 atom stereocenters. The molecule has 0 fully saturated rings. The number of rotatable bonds is 7. The van der Waals surface area contributed by atoms with E-state index < -0.39 is 16.1 Å². The second-order valence-electron chi connectivity index (χ2n) is 9.09. The first-order valence-corrected chi connectivity index (χ1v) is 14.1. The summed E-state index contributed by atoms with van der Waals surface area (Å²) in [6.45, 7) is 0.160. The third kappa shape index (κ3) is 4.25. The number of aromatic nitrogens is 1. The summed E-state index contributed by atoms with van der Waals surface area (Å²) in [6.07, 6.45) is 3.80. The zero-order chi connectivity index (χ0) is 24.0. The zero-order valence-corrected chi connectivity index (χ0v) is 20.7. The van der Waals surface area contributed by atoms with E-state index in [2.05, 4.69) is 27.9 Å². The predicted molar refractivity (Wildman–Crippen MR) is 138 cm³/mol. The Morgan fingerprint density at radius 1 is 1.11 bits per heavy atom. The molecule has 3 N–H and O–H groups in total. The maximum atomic E-state index is 13.6. The molecule has 1 unspecified atom stereocenters. The maximum Gasteiger partial charge on any atom is 0.244 e. The molecule has 0 spiro atoms. The summed E-state index contributed by atoms with van der Waals surface area (Å²) in [5.74, 6) is 0.436. The number of fused-ring (bicyclic) bond motifs is 3. The van der Waals surface area contributed by atoms with Crippen molar-refractivity contribution in [2.24, 2.45) is 0 Å². The van der Waals surface area contributed by atoms with Crippen molar-refractivity contribution in [2.75, 3.05) is 13.2 Å². The maximum absolute atomic E-state index is 13.6. The SMILES string of the molecule is O=S(=O)(N[C@@H](CO)Cc1c[nH]c2ccccc12)c1cc(C2Cc3ccccc3S2)cc2c1OCC2. The van der Waals surface area contributed by atoms with E-state index in [1.165, 1.54) is 10.5 Å². The highest BCUT2D eigenvalue weighted by Crippen LogP contribution is 2.48. The number of para-hydroxylation sites is 1. The standard InChI is InChI=1S/C27H26N2O4S2/c30-16-21(12-20-15-28-23-7-3-2-6-22(20)23)29-35(31,32)26-14-19(11-18-9-10-33-27(18)26)25-13-17-5-1-4-8-24(17)34-25/h1-8,11,14-15,21,25,28-30H,9-10,12-13,16H2/t21-,25?/m1/s1. The van der Waals surface area contributed by atoms with Crippen molar-refractivity contribution < 1.29 is 18.3 Å². The molecule has 0 aliphatic carbocycles. The van der Waals surface area contributed by atoms with Gasteiger partial charge in [-0.05, 0) is 53.3 Å². The molecule has 4 aromatic rings. The van der Waals surface area contributed by atoms with Crippen LogP contribution >= 0.6 is 11.8 Å². The lowest BCUT2D eigenvalue weighted by molar-refractivity contribution is 0.256.